The van der Waals surface area contributed by atoms with Crippen LogP contribution in [0.15, 0.2) is 0 Å². The Morgan fingerprint density at radius 2 is 2.50 bits per heavy atom. The Morgan fingerprint density at radius 3 is 2.67 bits per heavy atom. The zero-order valence-corrected chi connectivity index (χ0v) is 4.11. The van der Waals surface area contributed by atoms with Crippen molar-refractivity contribution in [1.29, 1.82) is 0 Å². The van der Waals surface area contributed by atoms with Gasteiger partial charge in [-0.15, -0.1) is 0 Å². The van der Waals surface area contributed by atoms with E-state index in [0.29, 0.717) is 4.78 Å². The fourth-order valence-electron chi connectivity index (χ4n) is 0.739. The van der Waals surface area contributed by atoms with E-state index in [0.717, 1.165) is 6.61 Å². The molecule has 1 saturated heterocycles. The molecule has 1 heterocycles. The molecule has 0 amide bonds. The van der Waals surface area contributed by atoms with E-state index in [1.165, 1.54) is 12.8 Å². The second kappa shape index (κ2) is 2.02. The molecule has 0 aliphatic carbocycles. The van der Waals surface area contributed by atoms with Crippen LogP contribution in [0.3, 0.4) is 0 Å². The summed E-state index contributed by atoms with van der Waals surface area (Å²) in [7, 11) is 0. The molecule has 1 rings (SSSR count). The maximum atomic E-state index is 5.15. The Morgan fingerprint density at radius 1 is 1.67 bits per heavy atom. The fraction of sp³-hybridized carbons (Fsp3) is 1.00. The molecule has 0 aromatic heterocycles. The van der Waals surface area contributed by atoms with E-state index < -0.39 is 0 Å². The Balaban J connectivity index is 2.18. The molecule has 2 heteroatoms. The van der Waals surface area contributed by atoms with Gasteiger partial charge in [-0.2, -0.15) is 0 Å². The topological polar surface area (TPSA) is 9.23 Å². The van der Waals surface area contributed by atoms with Gasteiger partial charge in [-0.1, -0.05) is 0 Å². The number of hydrogen-bond donors (Lipinski definition) is 0. The van der Waals surface area contributed by atoms with E-state index in [9.17, 15) is 0 Å². The van der Waals surface area contributed by atoms with Crippen LogP contribution in [-0.4, -0.2) is 29.1 Å². The normalized spacial score (nSPS) is 34.7. The molecular weight excluding hydrogens is 71.0 g/mol. The van der Waals surface area contributed by atoms with Crippen molar-refractivity contribution in [1.82, 2.24) is 0 Å². The molecule has 0 bridgehead atoms. The van der Waals surface area contributed by atoms with Gasteiger partial charge in [0.15, 0.2) is 0 Å². The molecule has 0 N–H and O–H groups in total. The van der Waals surface area contributed by atoms with Crippen molar-refractivity contribution >= 4 is 17.7 Å². The Kier molecular flexibility index (Phi) is 1.59. The molecule has 0 aromatic carbocycles. The van der Waals surface area contributed by atoms with Crippen LogP contribution in [0.25, 0.3) is 0 Å². The minimum absolute atomic E-state index is 0.546. The fourth-order valence-corrected chi connectivity index (χ4v) is 0.739. The van der Waals surface area contributed by atoms with Crippen LogP contribution in [-0.2, 0) is 4.74 Å². The van der Waals surface area contributed by atoms with Crippen molar-refractivity contribution in [3.63, 3.8) is 0 Å². The first kappa shape index (κ1) is 4.71. The number of rotatable bonds is 0. The van der Waals surface area contributed by atoms with Crippen molar-refractivity contribution in [2.45, 2.75) is 17.6 Å². The van der Waals surface area contributed by atoms with Crippen LogP contribution in [0.4, 0.5) is 0 Å². The van der Waals surface area contributed by atoms with Crippen molar-refractivity contribution in [3.8, 4) is 0 Å². The van der Waals surface area contributed by atoms with Crippen molar-refractivity contribution in [2.24, 2.45) is 0 Å². The van der Waals surface area contributed by atoms with Crippen LogP contribution in [0.1, 0.15) is 12.8 Å². The quantitative estimate of drug-likeness (QED) is 0.378. The van der Waals surface area contributed by atoms with Crippen LogP contribution < -0.4 is 0 Å². The van der Waals surface area contributed by atoms with Gasteiger partial charge < -0.3 is 0 Å². The Labute approximate surface area is 47.3 Å². The molecule has 0 aromatic rings. The van der Waals surface area contributed by atoms with Gasteiger partial charge in [-0.05, 0) is 0 Å². The number of ether oxygens (including phenoxy) is 1. The van der Waals surface area contributed by atoms with Gasteiger partial charge >= 0.3 is 46.7 Å². The van der Waals surface area contributed by atoms with E-state index >= 15 is 0 Å². The Bertz CT molecular complexity index is 40.8. The predicted molar refractivity (Wildman–Crippen MR) is 24.7 cm³/mol. The summed E-state index contributed by atoms with van der Waals surface area (Å²) in [5, 5.41) is 0. The standard InChI is InChI=1S/C4H7O.Li/c1-2-4-5-3-1;/h3H,1-2,4H2;. The zero-order chi connectivity index (χ0) is 4.41. The summed E-state index contributed by atoms with van der Waals surface area (Å²) in [6, 6.07) is 0. The van der Waals surface area contributed by atoms with Gasteiger partial charge in [0.2, 0.25) is 0 Å². The van der Waals surface area contributed by atoms with E-state index in [-0.39, 0.29) is 0 Å². The monoisotopic (exact) mass is 78.1 g/mol. The first-order valence-electron chi connectivity index (χ1n) is 2.51. The summed E-state index contributed by atoms with van der Waals surface area (Å²) >= 11 is 2.12. The number of hydrogen-bond acceptors (Lipinski definition) is 1. The first-order chi connectivity index (χ1) is 2.89. The summed E-state index contributed by atoms with van der Waals surface area (Å²) in [4.78, 5) is 0. The van der Waals surface area contributed by atoms with Crippen molar-refractivity contribution in [3.05, 3.63) is 0 Å². The summed E-state index contributed by atoms with van der Waals surface area (Å²) < 4.78 is 5.70. The minimum atomic E-state index is 0.546. The van der Waals surface area contributed by atoms with Gasteiger partial charge in [0.25, 0.3) is 0 Å². The third kappa shape index (κ3) is 1.01. The van der Waals surface area contributed by atoms with E-state index in [1.807, 2.05) is 0 Å². The third-order valence-corrected chi connectivity index (χ3v) is 1.16. The van der Waals surface area contributed by atoms with Crippen molar-refractivity contribution < 1.29 is 4.74 Å². The second-order valence-electron chi connectivity index (χ2n) is 1.82. The molecule has 0 spiro atoms. The average molecular weight is 78.0 g/mol. The van der Waals surface area contributed by atoms with Gasteiger partial charge in [0.05, 0.1) is 0 Å². The van der Waals surface area contributed by atoms with Gasteiger partial charge in [0, 0.05) is 0 Å². The van der Waals surface area contributed by atoms with Crippen LogP contribution in [0.5, 0.6) is 0 Å². The first-order valence-corrected chi connectivity index (χ1v) is 2.51. The van der Waals surface area contributed by atoms with Gasteiger partial charge in [-0.3, -0.25) is 0 Å². The average Bonchev–Trinajstić information content (AvgIpc) is 1.86. The molecule has 1 unspecified atom stereocenters. The van der Waals surface area contributed by atoms with E-state index in [1.54, 1.807) is 0 Å². The van der Waals surface area contributed by atoms with E-state index in [4.69, 9.17) is 4.74 Å². The summed E-state index contributed by atoms with van der Waals surface area (Å²) in [5.41, 5.74) is 0. The Hall–Kier alpha value is 0.557. The summed E-state index contributed by atoms with van der Waals surface area (Å²) in [6.45, 7) is 0.987. The molecule has 1 aliphatic rings. The molecule has 30 valence electrons. The predicted octanol–water partition coefficient (Wildman–Crippen LogP) is 0.291. The van der Waals surface area contributed by atoms with E-state index in [2.05, 4.69) is 17.7 Å². The molecule has 1 aliphatic heterocycles. The molecule has 0 saturated carbocycles. The van der Waals surface area contributed by atoms with Crippen LogP contribution >= 0.6 is 0 Å². The van der Waals surface area contributed by atoms with Gasteiger partial charge in [-0.25, -0.2) is 0 Å². The summed E-state index contributed by atoms with van der Waals surface area (Å²) in [6.07, 6.45) is 2.53. The molecule has 1 nitrogen and oxygen atoms in total. The van der Waals surface area contributed by atoms with Crippen LogP contribution in [0.2, 0.25) is 0 Å². The summed E-state index contributed by atoms with van der Waals surface area (Å²) in [5.74, 6) is 0. The zero-order valence-electron chi connectivity index (χ0n) is 4.11. The molecule has 1 fully saturated rings. The molecule has 6 heavy (non-hydrogen) atoms. The van der Waals surface area contributed by atoms with Crippen LogP contribution in [0, 0.1) is 0 Å². The van der Waals surface area contributed by atoms with Gasteiger partial charge in [0.1, 0.15) is 0 Å². The maximum absolute atomic E-state index is 5.15. The molecule has 0 radical (unpaired) electrons. The SMILES string of the molecule is [Li][CH]1CCCO1. The molecular formula is C4H7LiO. The third-order valence-electron chi connectivity index (χ3n) is 1.16. The molecule has 1 atom stereocenters. The second-order valence-corrected chi connectivity index (χ2v) is 1.82. The van der Waals surface area contributed by atoms with Crippen molar-refractivity contribution in [2.75, 3.05) is 6.61 Å².